The van der Waals surface area contributed by atoms with E-state index in [0.29, 0.717) is 24.7 Å². The third-order valence-corrected chi connectivity index (χ3v) is 7.80. The maximum Gasteiger partial charge on any atom is 0.150 e. The standard InChI is InChI=1S/C32H36FNO4/c1-21(34-16-4-5-23(19-34)14-15-33)20-37-28-11-8-24(9-12-28)32-31(25-6-3-7-26(35)17-25)22(2)29-18-27(36)10-13-30(29)38-32/h3,6-13,17-18,21,23,32,35-36H,4-5,14-16,19-20H2,1-2H3/t21-,23-,32?/m0/s1. The lowest BCUT2D eigenvalue weighted by Crippen LogP contribution is -2.44. The number of rotatable bonds is 8. The van der Waals surface area contributed by atoms with E-state index < -0.39 is 0 Å². The number of allylic oxidation sites excluding steroid dienone is 1. The number of benzene rings is 3. The third kappa shape index (κ3) is 5.65. The van der Waals surface area contributed by atoms with Crippen LogP contribution < -0.4 is 9.47 Å². The van der Waals surface area contributed by atoms with Gasteiger partial charge < -0.3 is 19.7 Å². The van der Waals surface area contributed by atoms with E-state index in [2.05, 4.69) is 11.8 Å². The molecule has 2 heterocycles. The fourth-order valence-corrected chi connectivity index (χ4v) is 5.67. The zero-order valence-corrected chi connectivity index (χ0v) is 22.1. The van der Waals surface area contributed by atoms with Crippen molar-refractivity contribution in [3.63, 3.8) is 0 Å². The van der Waals surface area contributed by atoms with Crippen molar-refractivity contribution >= 4 is 11.1 Å². The summed E-state index contributed by atoms with van der Waals surface area (Å²) >= 11 is 0. The second kappa shape index (κ2) is 11.5. The van der Waals surface area contributed by atoms with Gasteiger partial charge in [-0.2, -0.15) is 0 Å². The van der Waals surface area contributed by atoms with E-state index in [0.717, 1.165) is 59.5 Å². The van der Waals surface area contributed by atoms with Crippen LogP contribution >= 0.6 is 0 Å². The van der Waals surface area contributed by atoms with Crippen LogP contribution in [0.5, 0.6) is 23.0 Å². The Kier molecular flexibility index (Phi) is 7.89. The quantitative estimate of drug-likeness (QED) is 0.337. The predicted molar refractivity (Wildman–Crippen MR) is 148 cm³/mol. The van der Waals surface area contributed by atoms with E-state index >= 15 is 0 Å². The van der Waals surface area contributed by atoms with Crippen LogP contribution in [-0.4, -0.2) is 47.5 Å². The van der Waals surface area contributed by atoms with Gasteiger partial charge >= 0.3 is 0 Å². The predicted octanol–water partition coefficient (Wildman–Crippen LogP) is 7.00. The first-order valence-corrected chi connectivity index (χ1v) is 13.5. The number of aromatic hydroxyl groups is 2. The molecule has 6 heteroatoms. The van der Waals surface area contributed by atoms with E-state index in [1.165, 1.54) is 0 Å². The largest absolute Gasteiger partial charge is 0.508 e. The van der Waals surface area contributed by atoms with Crippen molar-refractivity contribution in [2.45, 2.75) is 45.3 Å². The zero-order valence-electron chi connectivity index (χ0n) is 22.1. The van der Waals surface area contributed by atoms with Crippen LogP contribution in [0.4, 0.5) is 4.39 Å². The van der Waals surface area contributed by atoms with Gasteiger partial charge in [-0.1, -0.05) is 24.3 Å². The summed E-state index contributed by atoms with van der Waals surface area (Å²) < 4.78 is 25.4. The molecular weight excluding hydrogens is 481 g/mol. The molecule has 38 heavy (non-hydrogen) atoms. The van der Waals surface area contributed by atoms with Crippen molar-refractivity contribution in [2.75, 3.05) is 26.4 Å². The lowest BCUT2D eigenvalue weighted by atomic mass is 9.86. The average molecular weight is 518 g/mol. The normalized spacial score (nSPS) is 20.5. The van der Waals surface area contributed by atoms with E-state index in [1.807, 2.05) is 43.3 Å². The number of hydrogen-bond acceptors (Lipinski definition) is 5. The van der Waals surface area contributed by atoms with Gasteiger partial charge in [0.15, 0.2) is 0 Å². The third-order valence-electron chi connectivity index (χ3n) is 7.80. The maximum absolute atomic E-state index is 12.8. The first kappa shape index (κ1) is 26.1. The minimum absolute atomic E-state index is 0.179. The Morgan fingerprint density at radius 2 is 1.84 bits per heavy atom. The molecule has 3 atom stereocenters. The van der Waals surface area contributed by atoms with Gasteiger partial charge in [0.2, 0.25) is 0 Å². The highest BCUT2D eigenvalue weighted by Crippen LogP contribution is 2.47. The smallest absolute Gasteiger partial charge is 0.150 e. The molecule has 2 N–H and O–H groups in total. The number of ether oxygens (including phenoxy) is 2. The van der Waals surface area contributed by atoms with Crippen molar-refractivity contribution in [1.29, 1.82) is 0 Å². The molecule has 1 fully saturated rings. The highest BCUT2D eigenvalue weighted by molar-refractivity contribution is 5.95. The van der Waals surface area contributed by atoms with Crippen molar-refractivity contribution in [3.8, 4) is 23.0 Å². The summed E-state index contributed by atoms with van der Waals surface area (Å²) in [7, 11) is 0. The molecule has 0 aliphatic carbocycles. The Balaban J connectivity index is 1.34. The number of alkyl halides is 1. The van der Waals surface area contributed by atoms with Gasteiger partial charge in [-0.3, -0.25) is 9.29 Å². The maximum atomic E-state index is 12.8. The van der Waals surface area contributed by atoms with Crippen molar-refractivity contribution in [1.82, 2.24) is 4.90 Å². The molecule has 0 amide bonds. The van der Waals surface area contributed by atoms with Crippen LogP contribution in [0.15, 0.2) is 66.7 Å². The summed E-state index contributed by atoms with van der Waals surface area (Å²) in [5.41, 5.74) is 4.59. The minimum atomic E-state index is -0.386. The van der Waals surface area contributed by atoms with E-state index in [-0.39, 0.29) is 30.3 Å². The fraction of sp³-hybridized carbons (Fsp3) is 0.375. The van der Waals surface area contributed by atoms with Crippen LogP contribution in [0.1, 0.15) is 55.9 Å². The van der Waals surface area contributed by atoms with Crippen LogP contribution in [0.2, 0.25) is 0 Å². The molecule has 0 spiro atoms. The monoisotopic (exact) mass is 517 g/mol. The summed E-state index contributed by atoms with van der Waals surface area (Å²) in [6.07, 6.45) is 2.49. The molecule has 1 unspecified atom stereocenters. The minimum Gasteiger partial charge on any atom is -0.508 e. The molecule has 0 aromatic heterocycles. The SMILES string of the molecule is CC1=C(c2cccc(O)c2)C(c2ccc(OC[C@H](C)N3CCC[C@@H](CCF)C3)cc2)Oc2ccc(O)cc21. The summed E-state index contributed by atoms with van der Waals surface area (Å²) in [5.74, 6) is 2.30. The first-order valence-electron chi connectivity index (χ1n) is 13.5. The molecule has 0 bridgehead atoms. The summed E-state index contributed by atoms with van der Waals surface area (Å²) in [6.45, 7) is 6.50. The Labute approximate surface area is 224 Å². The summed E-state index contributed by atoms with van der Waals surface area (Å²) in [4.78, 5) is 2.42. The Bertz CT molecular complexity index is 1290. The van der Waals surface area contributed by atoms with Crippen LogP contribution in [0.3, 0.4) is 0 Å². The molecule has 3 aromatic rings. The van der Waals surface area contributed by atoms with Gasteiger partial charge in [-0.05, 0) is 105 Å². The molecule has 5 nitrogen and oxygen atoms in total. The van der Waals surface area contributed by atoms with Crippen molar-refractivity contribution in [2.24, 2.45) is 5.92 Å². The average Bonchev–Trinajstić information content (AvgIpc) is 2.92. The number of fused-ring (bicyclic) bond motifs is 1. The molecule has 1 saturated heterocycles. The molecule has 0 saturated carbocycles. The van der Waals surface area contributed by atoms with Gasteiger partial charge in [-0.15, -0.1) is 0 Å². The van der Waals surface area contributed by atoms with Gasteiger partial charge in [-0.25, -0.2) is 0 Å². The summed E-state index contributed by atoms with van der Waals surface area (Å²) in [6, 6.07) is 20.5. The van der Waals surface area contributed by atoms with Gasteiger partial charge in [0.1, 0.15) is 35.7 Å². The molecule has 3 aromatic carbocycles. The Morgan fingerprint density at radius 1 is 1.05 bits per heavy atom. The lowest BCUT2D eigenvalue weighted by molar-refractivity contribution is 0.0917. The lowest BCUT2D eigenvalue weighted by Gasteiger charge is -2.36. The second-order valence-electron chi connectivity index (χ2n) is 10.5. The fourth-order valence-electron chi connectivity index (χ4n) is 5.67. The molecule has 2 aliphatic rings. The van der Waals surface area contributed by atoms with Crippen molar-refractivity contribution < 1.29 is 24.1 Å². The van der Waals surface area contributed by atoms with E-state index in [1.54, 1.807) is 30.3 Å². The second-order valence-corrected chi connectivity index (χ2v) is 10.5. The number of phenols is 2. The van der Waals surface area contributed by atoms with Crippen LogP contribution in [-0.2, 0) is 0 Å². The molecular formula is C32H36FNO4. The Morgan fingerprint density at radius 3 is 2.61 bits per heavy atom. The first-order chi connectivity index (χ1) is 18.4. The number of nitrogens with zero attached hydrogens (tertiary/aromatic N) is 1. The number of hydrogen-bond donors (Lipinski definition) is 2. The Hall–Kier alpha value is -3.51. The van der Waals surface area contributed by atoms with E-state index in [9.17, 15) is 14.6 Å². The molecule has 200 valence electrons. The molecule has 0 radical (unpaired) electrons. The van der Waals surface area contributed by atoms with Crippen LogP contribution in [0, 0.1) is 5.92 Å². The number of halogens is 1. The van der Waals surface area contributed by atoms with Gasteiger partial charge in [0.25, 0.3) is 0 Å². The topological polar surface area (TPSA) is 62.2 Å². The highest BCUT2D eigenvalue weighted by atomic mass is 19.1. The zero-order chi connectivity index (χ0) is 26.6. The molecule has 5 rings (SSSR count). The number of likely N-dealkylation sites (tertiary alicyclic amines) is 1. The van der Waals surface area contributed by atoms with Crippen molar-refractivity contribution in [3.05, 3.63) is 83.4 Å². The summed E-state index contributed by atoms with van der Waals surface area (Å²) in [5, 5.41) is 20.2. The van der Waals surface area contributed by atoms with Crippen LogP contribution in [0.25, 0.3) is 11.1 Å². The molecule has 2 aliphatic heterocycles. The number of piperidine rings is 1. The van der Waals surface area contributed by atoms with E-state index in [4.69, 9.17) is 9.47 Å². The van der Waals surface area contributed by atoms with Gasteiger partial charge in [0.05, 0.1) is 6.67 Å². The number of phenolic OH excluding ortho intramolecular Hbond substituents is 2. The van der Waals surface area contributed by atoms with Gasteiger partial charge in [0, 0.05) is 23.7 Å². The highest BCUT2D eigenvalue weighted by Gasteiger charge is 2.30.